The van der Waals surface area contributed by atoms with Gasteiger partial charge in [-0.25, -0.2) is 0 Å². The van der Waals surface area contributed by atoms with E-state index in [9.17, 15) is 4.79 Å². The molecule has 0 atom stereocenters. The molecule has 126 valence electrons. The number of hydrogen-bond donors (Lipinski definition) is 1. The van der Waals surface area contributed by atoms with Crippen molar-refractivity contribution in [3.05, 3.63) is 0 Å². The first-order chi connectivity index (χ1) is 10.3. The van der Waals surface area contributed by atoms with Crippen molar-refractivity contribution >= 4 is 5.97 Å². The Balaban J connectivity index is 0.000000354. The topological polar surface area (TPSA) is 52.3 Å². The third-order valence-electron chi connectivity index (χ3n) is 4.20. The third kappa shape index (κ3) is 10.8. The zero-order valence-electron chi connectivity index (χ0n) is 14.5. The summed E-state index contributed by atoms with van der Waals surface area (Å²) in [6, 6.07) is 0. The van der Waals surface area contributed by atoms with Gasteiger partial charge in [-0.05, 0) is 51.0 Å². The lowest BCUT2D eigenvalue weighted by Gasteiger charge is -2.21. The largest absolute Gasteiger partial charge is 0.462 e. The van der Waals surface area contributed by atoms with Crippen molar-refractivity contribution in [3.8, 4) is 0 Å². The number of ether oxygens (including phenoxy) is 1. The molecule has 0 bridgehead atoms. The van der Waals surface area contributed by atoms with Crippen LogP contribution in [-0.4, -0.2) is 18.6 Å². The van der Waals surface area contributed by atoms with Crippen molar-refractivity contribution in [2.75, 3.05) is 6.54 Å². The van der Waals surface area contributed by atoms with Crippen LogP contribution in [0, 0.1) is 5.92 Å². The zero-order chi connectivity index (χ0) is 15.9. The molecule has 2 saturated carbocycles. The van der Waals surface area contributed by atoms with Gasteiger partial charge in [-0.15, -0.1) is 0 Å². The van der Waals surface area contributed by atoms with Gasteiger partial charge in [-0.1, -0.05) is 46.5 Å². The molecule has 2 aliphatic carbocycles. The van der Waals surface area contributed by atoms with Crippen LogP contribution >= 0.6 is 0 Å². The highest BCUT2D eigenvalue weighted by atomic mass is 16.5. The van der Waals surface area contributed by atoms with E-state index in [0.717, 1.165) is 25.3 Å². The first-order valence-corrected chi connectivity index (χ1v) is 9.15. The van der Waals surface area contributed by atoms with E-state index in [1.807, 2.05) is 20.8 Å². The second kappa shape index (κ2) is 14.4. The lowest BCUT2D eigenvalue weighted by Crippen LogP contribution is -2.20. The fourth-order valence-corrected chi connectivity index (χ4v) is 2.88. The molecule has 0 aromatic heterocycles. The van der Waals surface area contributed by atoms with E-state index in [1.54, 1.807) is 0 Å². The molecule has 3 nitrogen and oxygen atoms in total. The third-order valence-corrected chi connectivity index (χ3v) is 4.20. The van der Waals surface area contributed by atoms with Crippen LogP contribution in [0.25, 0.3) is 0 Å². The van der Waals surface area contributed by atoms with Gasteiger partial charge in [0.15, 0.2) is 0 Å². The van der Waals surface area contributed by atoms with Crippen LogP contribution in [0.4, 0.5) is 0 Å². The Morgan fingerprint density at radius 1 is 0.952 bits per heavy atom. The van der Waals surface area contributed by atoms with Gasteiger partial charge < -0.3 is 10.5 Å². The SMILES string of the molecule is CC.CCC(=O)OC1CCCCC1.NCC1CCCCC1. The molecular formula is C18H37NO2. The van der Waals surface area contributed by atoms with Crippen molar-refractivity contribution in [1.29, 1.82) is 0 Å². The molecular weight excluding hydrogens is 262 g/mol. The van der Waals surface area contributed by atoms with Gasteiger partial charge in [0.1, 0.15) is 6.10 Å². The van der Waals surface area contributed by atoms with Gasteiger partial charge in [0.25, 0.3) is 0 Å². The molecule has 0 aromatic carbocycles. The van der Waals surface area contributed by atoms with E-state index in [-0.39, 0.29) is 12.1 Å². The molecule has 0 spiro atoms. The second-order valence-electron chi connectivity index (χ2n) is 5.84. The minimum Gasteiger partial charge on any atom is -0.462 e. The summed E-state index contributed by atoms with van der Waals surface area (Å²) in [5, 5.41) is 0. The molecule has 2 aliphatic rings. The monoisotopic (exact) mass is 299 g/mol. The first kappa shape index (κ1) is 20.4. The average molecular weight is 299 g/mol. The van der Waals surface area contributed by atoms with E-state index in [4.69, 9.17) is 10.5 Å². The summed E-state index contributed by atoms with van der Waals surface area (Å²) < 4.78 is 5.20. The van der Waals surface area contributed by atoms with Gasteiger partial charge in [-0.3, -0.25) is 4.79 Å². The second-order valence-corrected chi connectivity index (χ2v) is 5.84. The number of esters is 1. The van der Waals surface area contributed by atoms with Crippen molar-refractivity contribution in [2.45, 2.75) is 97.5 Å². The van der Waals surface area contributed by atoms with Gasteiger partial charge in [0.2, 0.25) is 0 Å². The normalized spacial score (nSPS) is 19.6. The number of nitrogens with two attached hydrogens (primary N) is 1. The van der Waals surface area contributed by atoms with Crippen molar-refractivity contribution in [3.63, 3.8) is 0 Å². The van der Waals surface area contributed by atoms with Crippen LogP contribution in [0.15, 0.2) is 0 Å². The standard InChI is InChI=1S/C9H16O2.C7H15N.C2H6/c1-2-9(10)11-8-6-4-3-5-7-8;8-6-7-4-2-1-3-5-7;1-2/h8H,2-7H2,1H3;7H,1-6,8H2;1-2H3. The van der Waals surface area contributed by atoms with Gasteiger partial charge in [0, 0.05) is 6.42 Å². The van der Waals surface area contributed by atoms with Crippen LogP contribution in [0.3, 0.4) is 0 Å². The minimum atomic E-state index is -0.0445. The molecule has 2 fully saturated rings. The molecule has 2 rings (SSSR count). The Hall–Kier alpha value is -0.570. The Morgan fingerprint density at radius 2 is 1.43 bits per heavy atom. The predicted octanol–water partition coefficient (Wildman–Crippen LogP) is 4.82. The number of carbonyl (C=O) groups is 1. The smallest absolute Gasteiger partial charge is 0.305 e. The first-order valence-electron chi connectivity index (χ1n) is 9.15. The highest BCUT2D eigenvalue weighted by molar-refractivity contribution is 5.69. The molecule has 0 heterocycles. The molecule has 0 saturated heterocycles. The maximum atomic E-state index is 10.9. The fourth-order valence-electron chi connectivity index (χ4n) is 2.88. The van der Waals surface area contributed by atoms with Crippen molar-refractivity contribution < 1.29 is 9.53 Å². The maximum Gasteiger partial charge on any atom is 0.305 e. The van der Waals surface area contributed by atoms with Gasteiger partial charge in [0.05, 0.1) is 0 Å². The average Bonchev–Trinajstić information content (AvgIpc) is 2.59. The molecule has 0 radical (unpaired) electrons. The number of carbonyl (C=O) groups excluding carboxylic acids is 1. The van der Waals surface area contributed by atoms with Gasteiger partial charge >= 0.3 is 5.97 Å². The Bertz CT molecular complexity index is 231. The lowest BCUT2D eigenvalue weighted by molar-refractivity contribution is -0.150. The van der Waals surface area contributed by atoms with Crippen molar-refractivity contribution in [1.82, 2.24) is 0 Å². The highest BCUT2D eigenvalue weighted by Gasteiger charge is 2.16. The number of rotatable bonds is 3. The van der Waals surface area contributed by atoms with Crippen LogP contribution in [0.2, 0.25) is 0 Å². The maximum absolute atomic E-state index is 10.9. The predicted molar refractivity (Wildman–Crippen MR) is 90.2 cm³/mol. The Morgan fingerprint density at radius 3 is 1.81 bits per heavy atom. The summed E-state index contributed by atoms with van der Waals surface area (Å²) in [5.74, 6) is 0.820. The van der Waals surface area contributed by atoms with Crippen LogP contribution in [-0.2, 0) is 9.53 Å². The zero-order valence-corrected chi connectivity index (χ0v) is 14.5. The molecule has 0 aromatic rings. The summed E-state index contributed by atoms with van der Waals surface area (Å²) >= 11 is 0. The molecule has 2 N–H and O–H groups in total. The fraction of sp³-hybridized carbons (Fsp3) is 0.944. The quantitative estimate of drug-likeness (QED) is 0.760. The summed E-state index contributed by atoms with van der Waals surface area (Å²) in [6.07, 6.45) is 13.7. The minimum absolute atomic E-state index is 0.0445. The molecule has 3 heteroatoms. The van der Waals surface area contributed by atoms with E-state index >= 15 is 0 Å². The Kier molecular flexibility index (Phi) is 14.0. The Labute approximate surface area is 132 Å². The van der Waals surface area contributed by atoms with E-state index in [2.05, 4.69) is 0 Å². The molecule has 0 amide bonds. The number of hydrogen-bond acceptors (Lipinski definition) is 3. The summed E-state index contributed by atoms with van der Waals surface area (Å²) in [7, 11) is 0. The summed E-state index contributed by atoms with van der Waals surface area (Å²) in [4.78, 5) is 10.9. The van der Waals surface area contributed by atoms with Crippen molar-refractivity contribution in [2.24, 2.45) is 11.7 Å². The highest BCUT2D eigenvalue weighted by Crippen LogP contribution is 2.22. The van der Waals surface area contributed by atoms with Crippen LogP contribution < -0.4 is 5.73 Å². The lowest BCUT2D eigenvalue weighted by atomic mass is 9.90. The molecule has 0 aliphatic heterocycles. The van der Waals surface area contributed by atoms with E-state index < -0.39 is 0 Å². The van der Waals surface area contributed by atoms with Crippen LogP contribution in [0.5, 0.6) is 0 Å². The molecule has 0 unspecified atom stereocenters. The molecule has 21 heavy (non-hydrogen) atoms. The van der Waals surface area contributed by atoms with Crippen LogP contribution in [0.1, 0.15) is 91.4 Å². The van der Waals surface area contributed by atoms with E-state index in [1.165, 1.54) is 51.4 Å². The van der Waals surface area contributed by atoms with Gasteiger partial charge in [-0.2, -0.15) is 0 Å². The summed E-state index contributed by atoms with van der Waals surface area (Å²) in [5.41, 5.74) is 5.50. The van der Waals surface area contributed by atoms with E-state index in [0.29, 0.717) is 6.42 Å². The summed E-state index contributed by atoms with van der Waals surface area (Å²) in [6.45, 7) is 6.76.